The molecule has 1 aromatic carbocycles. The number of nitrogens with one attached hydrogen (secondary N) is 2. The lowest BCUT2D eigenvalue weighted by atomic mass is 10.2. The van der Waals surface area contributed by atoms with Gasteiger partial charge in [0.1, 0.15) is 10.9 Å². The minimum absolute atomic E-state index is 0.384. The van der Waals surface area contributed by atoms with Crippen molar-refractivity contribution < 1.29 is 4.74 Å². The summed E-state index contributed by atoms with van der Waals surface area (Å²) in [7, 11) is 1.87. The van der Waals surface area contributed by atoms with Crippen molar-refractivity contribution >= 4 is 35.2 Å². The van der Waals surface area contributed by atoms with Crippen LogP contribution in [0.25, 0.3) is 0 Å². The molecule has 3 aromatic rings. The Kier molecular flexibility index (Phi) is 6.61. The number of benzene rings is 1. The number of nitrogens with zero attached hydrogens (tertiary/aromatic N) is 5. The number of rotatable bonds is 7. The molecule has 0 unspecified atom stereocenters. The maximum atomic E-state index is 6.40. The molecule has 1 aliphatic heterocycles. The fourth-order valence-electron chi connectivity index (χ4n) is 3.18. The van der Waals surface area contributed by atoms with E-state index in [1.165, 1.54) is 17.6 Å². The lowest BCUT2D eigenvalue weighted by molar-refractivity contribution is 0.456. The van der Waals surface area contributed by atoms with E-state index in [2.05, 4.69) is 42.1 Å². The molecule has 0 bridgehead atoms. The number of hydrogen-bond donors (Lipinski definition) is 2. The maximum absolute atomic E-state index is 6.40. The molecule has 1 aliphatic rings. The van der Waals surface area contributed by atoms with Crippen LogP contribution in [0.1, 0.15) is 12.5 Å². The van der Waals surface area contributed by atoms with E-state index >= 15 is 0 Å². The van der Waals surface area contributed by atoms with Gasteiger partial charge in [-0.3, -0.25) is 9.40 Å². The summed E-state index contributed by atoms with van der Waals surface area (Å²) < 4.78 is 10.9. The summed E-state index contributed by atoms with van der Waals surface area (Å²) >= 11 is 7.77. The van der Waals surface area contributed by atoms with Gasteiger partial charge in [0, 0.05) is 45.1 Å². The molecule has 0 spiro atoms. The summed E-state index contributed by atoms with van der Waals surface area (Å²) in [5.74, 6) is 1.56. The Morgan fingerprint density at radius 2 is 1.97 bits per heavy atom. The van der Waals surface area contributed by atoms with Crippen LogP contribution in [0, 0.1) is 0 Å². The zero-order valence-electron chi connectivity index (χ0n) is 16.9. The molecule has 2 N–H and O–H groups in total. The fourth-order valence-corrected chi connectivity index (χ4v) is 4.08. The normalized spacial score (nSPS) is 14.0. The number of ether oxygens (including phenoxy) is 1. The van der Waals surface area contributed by atoms with Crippen LogP contribution < -0.4 is 19.7 Å². The quantitative estimate of drug-likeness (QED) is 0.420. The molecule has 2 aromatic heterocycles. The second kappa shape index (κ2) is 9.55. The van der Waals surface area contributed by atoms with Crippen molar-refractivity contribution in [2.75, 3.05) is 35.8 Å². The lowest BCUT2D eigenvalue weighted by Crippen LogP contribution is -2.43. The van der Waals surface area contributed by atoms with E-state index in [-0.39, 0.29) is 0 Å². The smallest absolute Gasteiger partial charge is 0.237 e. The van der Waals surface area contributed by atoms with Crippen LogP contribution in [0.2, 0.25) is 5.15 Å². The first-order valence-electron chi connectivity index (χ1n) is 9.84. The summed E-state index contributed by atoms with van der Waals surface area (Å²) in [5.41, 5.74) is 1.97. The Morgan fingerprint density at radius 3 is 2.63 bits per heavy atom. The number of piperazine rings is 1. The van der Waals surface area contributed by atoms with Crippen LogP contribution in [0.15, 0.2) is 41.6 Å². The van der Waals surface area contributed by atoms with Crippen molar-refractivity contribution in [3.8, 4) is 11.6 Å². The molecule has 1 saturated heterocycles. The highest BCUT2D eigenvalue weighted by molar-refractivity contribution is 8.00. The Labute approximate surface area is 185 Å². The average Bonchev–Trinajstić information content (AvgIpc) is 3.18. The molecular formula is C20H24ClN7OS. The first-order valence-corrected chi connectivity index (χ1v) is 11.0. The number of aromatic nitrogens is 4. The summed E-state index contributed by atoms with van der Waals surface area (Å²) in [6.07, 6.45) is 4.33. The summed E-state index contributed by atoms with van der Waals surface area (Å²) in [6.45, 7) is 6.02. The van der Waals surface area contributed by atoms with Crippen LogP contribution in [0.3, 0.4) is 0 Å². The summed E-state index contributed by atoms with van der Waals surface area (Å²) in [5, 5.41) is 7.90. The summed E-state index contributed by atoms with van der Waals surface area (Å²) in [4.78, 5) is 12.2. The van der Waals surface area contributed by atoms with Crippen molar-refractivity contribution in [2.45, 2.75) is 18.2 Å². The molecule has 8 nitrogen and oxygen atoms in total. The van der Waals surface area contributed by atoms with Crippen LogP contribution in [-0.4, -0.2) is 45.9 Å². The van der Waals surface area contributed by atoms with Gasteiger partial charge < -0.3 is 15.0 Å². The van der Waals surface area contributed by atoms with E-state index in [0.717, 1.165) is 36.6 Å². The lowest BCUT2D eigenvalue weighted by Gasteiger charge is -2.29. The molecule has 0 saturated carbocycles. The highest BCUT2D eigenvalue weighted by atomic mass is 35.5. The van der Waals surface area contributed by atoms with E-state index in [1.807, 2.05) is 32.3 Å². The predicted molar refractivity (Wildman–Crippen MR) is 121 cm³/mol. The largest absolute Gasteiger partial charge is 0.439 e. The Morgan fingerprint density at radius 1 is 1.20 bits per heavy atom. The molecule has 0 atom stereocenters. The van der Waals surface area contributed by atoms with Crippen molar-refractivity contribution in [3.05, 3.63) is 47.4 Å². The molecule has 0 radical (unpaired) electrons. The average molecular weight is 446 g/mol. The van der Waals surface area contributed by atoms with Gasteiger partial charge in [0.15, 0.2) is 0 Å². The fraction of sp³-hybridized carbons (Fsp3) is 0.350. The van der Waals surface area contributed by atoms with Gasteiger partial charge in [-0.05, 0) is 42.6 Å². The van der Waals surface area contributed by atoms with Gasteiger partial charge in [0.25, 0.3) is 0 Å². The third-order valence-electron chi connectivity index (χ3n) is 4.75. The zero-order valence-corrected chi connectivity index (χ0v) is 18.5. The van der Waals surface area contributed by atoms with E-state index in [4.69, 9.17) is 16.3 Å². The maximum Gasteiger partial charge on any atom is 0.237 e. The Hall–Kier alpha value is -2.49. The second-order valence-corrected chi connectivity index (χ2v) is 8.10. The first-order chi connectivity index (χ1) is 14.6. The number of halogens is 1. The van der Waals surface area contributed by atoms with E-state index in [9.17, 15) is 0 Å². The van der Waals surface area contributed by atoms with Crippen LogP contribution in [0.4, 0.5) is 11.6 Å². The van der Waals surface area contributed by atoms with Crippen molar-refractivity contribution in [1.29, 1.82) is 0 Å². The van der Waals surface area contributed by atoms with Crippen LogP contribution >= 0.6 is 23.5 Å². The number of hydrogen-bond acceptors (Lipinski definition) is 8. The molecule has 158 valence electrons. The van der Waals surface area contributed by atoms with Gasteiger partial charge in [-0.1, -0.05) is 18.5 Å². The van der Waals surface area contributed by atoms with E-state index in [0.29, 0.717) is 29.2 Å². The minimum Gasteiger partial charge on any atom is -0.439 e. The molecule has 30 heavy (non-hydrogen) atoms. The zero-order chi connectivity index (χ0) is 20.9. The van der Waals surface area contributed by atoms with Gasteiger partial charge in [0.05, 0.1) is 16.7 Å². The van der Waals surface area contributed by atoms with Crippen LogP contribution in [0.5, 0.6) is 11.6 Å². The molecule has 0 amide bonds. The molecule has 10 heteroatoms. The highest BCUT2D eigenvalue weighted by Crippen LogP contribution is 2.31. The Bertz CT molecular complexity index is 989. The van der Waals surface area contributed by atoms with Gasteiger partial charge in [-0.25, -0.2) is 0 Å². The van der Waals surface area contributed by atoms with Gasteiger partial charge in [0.2, 0.25) is 11.8 Å². The Balaban J connectivity index is 1.49. The van der Waals surface area contributed by atoms with Crippen molar-refractivity contribution in [3.63, 3.8) is 0 Å². The summed E-state index contributed by atoms with van der Waals surface area (Å²) in [6, 6.07) is 8.08. The van der Waals surface area contributed by atoms with E-state index < -0.39 is 0 Å². The number of anilines is 2. The SMILES string of the molecule is CCc1c(Cl)nc(NSc2cnn(C)c2)nc1Oc1ccc(N2CCNCC2)cc1. The molecule has 3 heterocycles. The third-order valence-corrected chi connectivity index (χ3v) is 5.79. The van der Waals surface area contributed by atoms with E-state index in [1.54, 1.807) is 10.9 Å². The monoisotopic (exact) mass is 445 g/mol. The molecule has 4 rings (SSSR count). The van der Waals surface area contributed by atoms with Crippen molar-refractivity contribution in [2.24, 2.45) is 7.05 Å². The van der Waals surface area contributed by atoms with Gasteiger partial charge in [-0.2, -0.15) is 15.1 Å². The van der Waals surface area contributed by atoms with Gasteiger partial charge in [-0.15, -0.1) is 0 Å². The van der Waals surface area contributed by atoms with Crippen LogP contribution in [-0.2, 0) is 13.5 Å². The first kappa shape index (κ1) is 20.8. The second-order valence-electron chi connectivity index (χ2n) is 6.86. The predicted octanol–water partition coefficient (Wildman–Crippen LogP) is 3.75. The highest BCUT2D eigenvalue weighted by Gasteiger charge is 2.15. The molecule has 1 fully saturated rings. The van der Waals surface area contributed by atoms with Crippen molar-refractivity contribution in [1.82, 2.24) is 25.1 Å². The minimum atomic E-state index is 0.384. The molecular weight excluding hydrogens is 422 g/mol. The van der Waals surface area contributed by atoms with Gasteiger partial charge >= 0.3 is 0 Å². The number of aryl methyl sites for hydroxylation is 1. The standard InChI is InChI=1S/C20H24ClN7OS/c1-3-17-18(21)24-20(26-30-16-12-23-27(2)13-16)25-19(17)29-15-6-4-14(5-7-15)28-10-8-22-9-11-28/h4-7,12-13,22H,3,8-11H2,1-2H3,(H,24,25,26). The topological polar surface area (TPSA) is 80.1 Å². The molecule has 0 aliphatic carbocycles. The third kappa shape index (κ3) is 4.97.